The normalized spacial score (nSPS) is 20.2. The van der Waals surface area contributed by atoms with E-state index in [4.69, 9.17) is 34.8 Å². The third kappa shape index (κ3) is 2.57. The molecule has 0 spiro atoms. The summed E-state index contributed by atoms with van der Waals surface area (Å²) < 4.78 is 25.2. The van der Waals surface area contributed by atoms with Crippen molar-refractivity contribution in [3.8, 4) is 0 Å². The fourth-order valence-corrected chi connectivity index (χ4v) is 4.07. The summed E-state index contributed by atoms with van der Waals surface area (Å²) in [6.45, 7) is -0.196. The maximum Gasteiger partial charge on any atom is 0.269 e. The second-order valence-electron chi connectivity index (χ2n) is 4.02. The van der Waals surface area contributed by atoms with Gasteiger partial charge in [-0.15, -0.1) is 34.8 Å². The van der Waals surface area contributed by atoms with Gasteiger partial charge in [-0.3, -0.25) is 4.79 Å². The van der Waals surface area contributed by atoms with Gasteiger partial charge in [0, 0.05) is 5.88 Å². The van der Waals surface area contributed by atoms with E-state index in [1.165, 1.54) is 12.1 Å². The maximum absolute atomic E-state index is 12.2. The molecular weight excluding hydrogens is 333 g/mol. The van der Waals surface area contributed by atoms with Crippen LogP contribution in [0.2, 0.25) is 0 Å². The minimum absolute atomic E-state index is 0.000799. The quantitative estimate of drug-likeness (QED) is 0.789. The number of amides is 1. The van der Waals surface area contributed by atoms with Crippen LogP contribution >= 0.6 is 34.8 Å². The van der Waals surface area contributed by atoms with E-state index in [0.717, 1.165) is 4.31 Å². The number of rotatable bonds is 4. The monoisotopic (exact) mass is 341 g/mol. The first-order chi connectivity index (χ1) is 8.89. The van der Waals surface area contributed by atoms with Crippen molar-refractivity contribution >= 4 is 50.7 Å². The Hall–Kier alpha value is -0.490. The molecular formula is C11H10Cl3NO3S. The van der Waals surface area contributed by atoms with Gasteiger partial charge in [0.1, 0.15) is 4.90 Å². The number of hydrogen-bond donors (Lipinski definition) is 0. The first-order valence-electron chi connectivity index (χ1n) is 5.39. The summed E-state index contributed by atoms with van der Waals surface area (Å²) in [4.78, 5) is 12.1. The Bertz CT molecular complexity index is 605. The molecule has 1 heterocycles. The lowest BCUT2D eigenvalue weighted by molar-refractivity contribution is 0.0871. The van der Waals surface area contributed by atoms with Gasteiger partial charge in [0.25, 0.3) is 15.9 Å². The molecule has 0 fully saturated rings. The zero-order chi connectivity index (χ0) is 14.2. The van der Waals surface area contributed by atoms with Crippen molar-refractivity contribution in [3.05, 3.63) is 29.8 Å². The van der Waals surface area contributed by atoms with E-state index in [-0.39, 0.29) is 22.9 Å². The fraction of sp³-hybridized carbons (Fsp3) is 0.364. The van der Waals surface area contributed by atoms with Crippen molar-refractivity contribution in [1.82, 2.24) is 4.31 Å². The van der Waals surface area contributed by atoms with Crippen molar-refractivity contribution in [2.45, 2.75) is 15.6 Å². The van der Waals surface area contributed by atoms with Gasteiger partial charge in [0.15, 0.2) is 0 Å². The Balaban J connectivity index is 2.33. The van der Waals surface area contributed by atoms with Crippen LogP contribution in [0.4, 0.5) is 0 Å². The molecule has 1 aromatic carbocycles. The molecule has 1 aliphatic rings. The molecule has 1 amide bonds. The highest BCUT2D eigenvalue weighted by Gasteiger charge is 2.42. The third-order valence-corrected chi connectivity index (χ3v) is 6.12. The van der Waals surface area contributed by atoms with Gasteiger partial charge < -0.3 is 0 Å². The lowest BCUT2D eigenvalue weighted by atomic mass is 10.2. The van der Waals surface area contributed by atoms with Crippen molar-refractivity contribution in [2.75, 3.05) is 12.4 Å². The molecule has 0 aliphatic carbocycles. The van der Waals surface area contributed by atoms with E-state index >= 15 is 0 Å². The number of hydrogen-bond acceptors (Lipinski definition) is 3. The summed E-state index contributed by atoms with van der Waals surface area (Å²) in [6, 6.07) is 6.04. The van der Waals surface area contributed by atoms with Gasteiger partial charge in [-0.25, -0.2) is 12.7 Å². The number of fused-ring (bicyclic) bond motifs is 1. The van der Waals surface area contributed by atoms with Crippen LogP contribution in [-0.4, -0.2) is 41.8 Å². The van der Waals surface area contributed by atoms with Crippen LogP contribution in [0, 0.1) is 0 Å². The number of halogens is 3. The van der Waals surface area contributed by atoms with Crippen molar-refractivity contribution in [2.24, 2.45) is 0 Å². The lowest BCUT2D eigenvalue weighted by Crippen LogP contribution is -2.38. The third-order valence-electron chi connectivity index (χ3n) is 2.79. The molecule has 2 atom stereocenters. The second kappa shape index (κ2) is 5.48. The summed E-state index contributed by atoms with van der Waals surface area (Å²) in [6.07, 6.45) is 0. The largest absolute Gasteiger partial charge is 0.269 e. The molecule has 4 nitrogen and oxygen atoms in total. The van der Waals surface area contributed by atoms with Crippen LogP contribution in [0.1, 0.15) is 10.4 Å². The van der Waals surface area contributed by atoms with Gasteiger partial charge >= 0.3 is 0 Å². The van der Waals surface area contributed by atoms with E-state index in [1.54, 1.807) is 12.1 Å². The van der Waals surface area contributed by atoms with E-state index < -0.39 is 26.7 Å². The molecule has 0 saturated carbocycles. The Morgan fingerprint density at radius 1 is 1.16 bits per heavy atom. The minimum atomic E-state index is -3.83. The highest BCUT2D eigenvalue weighted by Crippen LogP contribution is 2.31. The van der Waals surface area contributed by atoms with Crippen LogP contribution in [0.3, 0.4) is 0 Å². The molecule has 0 radical (unpaired) electrons. The molecule has 0 N–H and O–H groups in total. The average molecular weight is 343 g/mol. The molecule has 1 aromatic rings. The number of alkyl halides is 3. The van der Waals surface area contributed by atoms with Crippen LogP contribution in [0.15, 0.2) is 29.2 Å². The zero-order valence-corrected chi connectivity index (χ0v) is 12.7. The van der Waals surface area contributed by atoms with Crippen LogP contribution in [-0.2, 0) is 10.0 Å². The van der Waals surface area contributed by atoms with Gasteiger partial charge in [0.05, 0.1) is 22.9 Å². The molecule has 0 bridgehead atoms. The summed E-state index contributed by atoms with van der Waals surface area (Å²) >= 11 is 17.4. The number of benzene rings is 1. The van der Waals surface area contributed by atoms with Gasteiger partial charge in [-0.2, -0.15) is 0 Å². The Morgan fingerprint density at radius 3 is 2.37 bits per heavy atom. The Labute approximate surface area is 126 Å². The van der Waals surface area contributed by atoms with E-state index in [0.29, 0.717) is 0 Å². The maximum atomic E-state index is 12.2. The molecule has 19 heavy (non-hydrogen) atoms. The number of carbonyl (C=O) groups excluding carboxylic acids is 1. The molecule has 0 saturated heterocycles. The number of nitrogens with zero attached hydrogens (tertiary/aromatic N) is 1. The van der Waals surface area contributed by atoms with Gasteiger partial charge in [0.2, 0.25) is 0 Å². The summed E-state index contributed by atoms with van der Waals surface area (Å²) in [5, 5.41) is -1.36. The first kappa shape index (κ1) is 14.9. The van der Waals surface area contributed by atoms with E-state index in [2.05, 4.69) is 0 Å². The smallest absolute Gasteiger partial charge is 0.268 e. The molecule has 0 unspecified atom stereocenters. The fourth-order valence-electron chi connectivity index (χ4n) is 1.78. The highest BCUT2D eigenvalue weighted by molar-refractivity contribution is 7.90. The van der Waals surface area contributed by atoms with Gasteiger partial charge in [-0.05, 0) is 12.1 Å². The average Bonchev–Trinajstić information content (AvgIpc) is 2.59. The van der Waals surface area contributed by atoms with Crippen molar-refractivity contribution in [3.63, 3.8) is 0 Å². The summed E-state index contributed by atoms with van der Waals surface area (Å²) in [5.41, 5.74) is 0.156. The predicted octanol–water partition coefficient (Wildman–Crippen LogP) is 2.28. The van der Waals surface area contributed by atoms with Gasteiger partial charge in [-0.1, -0.05) is 12.1 Å². The summed E-state index contributed by atoms with van der Waals surface area (Å²) in [5.74, 6) is -0.509. The number of carbonyl (C=O) groups is 1. The van der Waals surface area contributed by atoms with Crippen LogP contribution in [0.5, 0.6) is 0 Å². The van der Waals surface area contributed by atoms with Crippen LogP contribution < -0.4 is 0 Å². The number of sulfonamides is 1. The molecule has 104 valence electrons. The van der Waals surface area contributed by atoms with Crippen molar-refractivity contribution < 1.29 is 13.2 Å². The van der Waals surface area contributed by atoms with E-state index in [9.17, 15) is 13.2 Å². The standard InChI is InChI=1S/C11H10Cl3NO3S/c12-5-8(13)9(14)6-15-11(16)7-3-1-2-4-10(7)19(15,17)18/h1-4,8-9H,5-6H2/t8-,9+/m0/s1. The highest BCUT2D eigenvalue weighted by atomic mass is 35.5. The summed E-state index contributed by atoms with van der Waals surface area (Å²) in [7, 11) is -3.83. The molecule has 0 aromatic heterocycles. The Kier molecular flexibility index (Phi) is 4.30. The SMILES string of the molecule is O=C1c2ccccc2S(=O)(=O)N1C[C@@H](Cl)[C@@H](Cl)CCl. The Morgan fingerprint density at radius 2 is 1.79 bits per heavy atom. The minimum Gasteiger partial charge on any atom is -0.268 e. The second-order valence-corrected chi connectivity index (χ2v) is 7.28. The predicted molar refractivity (Wildman–Crippen MR) is 74.7 cm³/mol. The molecule has 8 heteroatoms. The van der Waals surface area contributed by atoms with E-state index in [1.807, 2.05) is 0 Å². The van der Waals surface area contributed by atoms with Crippen LogP contribution in [0.25, 0.3) is 0 Å². The zero-order valence-electron chi connectivity index (χ0n) is 9.59. The van der Waals surface area contributed by atoms with Crippen molar-refractivity contribution in [1.29, 1.82) is 0 Å². The first-order valence-corrected chi connectivity index (χ1v) is 8.24. The molecule has 2 rings (SSSR count). The molecule has 1 aliphatic heterocycles. The lowest BCUT2D eigenvalue weighted by Gasteiger charge is -2.20. The topological polar surface area (TPSA) is 54.5 Å².